The second-order valence-electron chi connectivity index (χ2n) is 8.34. The third-order valence-corrected chi connectivity index (χ3v) is 6.20. The van der Waals surface area contributed by atoms with Gasteiger partial charge in [-0.05, 0) is 38.3 Å². The highest BCUT2D eigenvalue weighted by molar-refractivity contribution is 6.39. The number of rotatable bonds is 4. The summed E-state index contributed by atoms with van der Waals surface area (Å²) in [6.07, 6.45) is 3.35. The van der Waals surface area contributed by atoms with Crippen LogP contribution in [0.5, 0.6) is 0 Å². The van der Waals surface area contributed by atoms with E-state index < -0.39 is 0 Å². The summed E-state index contributed by atoms with van der Waals surface area (Å²) >= 11 is 0. The number of nitrogens with one attached hydrogen (secondary N) is 1. The number of hydrogen-bond acceptors (Lipinski definition) is 6. The predicted molar refractivity (Wildman–Crippen MR) is 117 cm³/mol. The Morgan fingerprint density at radius 2 is 1.81 bits per heavy atom. The lowest BCUT2D eigenvalue weighted by Gasteiger charge is -2.38. The molecule has 1 aromatic rings. The third kappa shape index (κ3) is 4.87. The Morgan fingerprint density at radius 1 is 1.06 bits per heavy atom. The molecule has 0 spiro atoms. The first-order chi connectivity index (χ1) is 15.0. The Labute approximate surface area is 182 Å². The number of carbonyl (C=O) groups is 3. The van der Waals surface area contributed by atoms with Crippen molar-refractivity contribution in [3.05, 3.63) is 30.3 Å². The molecule has 0 saturated carbocycles. The summed E-state index contributed by atoms with van der Waals surface area (Å²) in [5.74, 6) is -0.0699. The van der Waals surface area contributed by atoms with Crippen molar-refractivity contribution in [2.45, 2.75) is 32.2 Å². The van der Waals surface area contributed by atoms with Crippen LogP contribution in [0.2, 0.25) is 0 Å². The van der Waals surface area contributed by atoms with Crippen molar-refractivity contribution in [3.8, 4) is 0 Å². The number of hydrogen-bond donors (Lipinski definition) is 1. The molecule has 0 radical (unpaired) electrons. The molecule has 3 aliphatic heterocycles. The molecule has 31 heavy (non-hydrogen) atoms. The lowest BCUT2D eigenvalue weighted by molar-refractivity contribution is -0.136. The Morgan fingerprint density at radius 3 is 2.52 bits per heavy atom. The molecule has 3 aliphatic rings. The molecule has 166 valence electrons. The summed E-state index contributed by atoms with van der Waals surface area (Å²) in [5, 5.41) is 1.37. The molecule has 9 nitrogen and oxygen atoms in total. The molecule has 1 aromatic carbocycles. The van der Waals surface area contributed by atoms with Gasteiger partial charge in [0.25, 0.3) is 11.8 Å². The van der Waals surface area contributed by atoms with Gasteiger partial charge in [0.15, 0.2) is 0 Å². The maximum atomic E-state index is 13.0. The predicted octanol–water partition coefficient (Wildman–Crippen LogP) is 0.482. The van der Waals surface area contributed by atoms with Gasteiger partial charge in [0.1, 0.15) is 6.54 Å². The molecular formula is C22H30N6O3. The van der Waals surface area contributed by atoms with Crippen molar-refractivity contribution >= 4 is 29.2 Å². The quantitative estimate of drug-likeness (QED) is 0.757. The maximum absolute atomic E-state index is 13.0. The van der Waals surface area contributed by atoms with Crippen molar-refractivity contribution in [1.29, 1.82) is 0 Å². The zero-order chi connectivity index (χ0) is 21.8. The summed E-state index contributed by atoms with van der Waals surface area (Å²) < 4.78 is 0. The van der Waals surface area contributed by atoms with E-state index in [1.165, 1.54) is 11.4 Å². The monoisotopic (exact) mass is 426 g/mol. The van der Waals surface area contributed by atoms with Gasteiger partial charge in [0, 0.05) is 38.8 Å². The number of piperazine rings is 1. The van der Waals surface area contributed by atoms with E-state index in [1.807, 2.05) is 23.1 Å². The van der Waals surface area contributed by atoms with Gasteiger partial charge in [-0.3, -0.25) is 29.7 Å². The zero-order valence-corrected chi connectivity index (χ0v) is 18.0. The number of likely N-dealkylation sites (tertiary alicyclic amines) is 1. The van der Waals surface area contributed by atoms with Gasteiger partial charge in [0.05, 0.1) is 12.2 Å². The summed E-state index contributed by atoms with van der Waals surface area (Å²) in [7, 11) is 0. The van der Waals surface area contributed by atoms with E-state index >= 15 is 0 Å². The second-order valence-corrected chi connectivity index (χ2v) is 8.34. The van der Waals surface area contributed by atoms with Gasteiger partial charge in [-0.2, -0.15) is 0 Å². The molecule has 4 rings (SSSR count). The standard InChI is InChI=1S/C22H30N6O3/c1-17-7-5-6-10-27(17)20(30)16-25-11-13-26(14-12-25)22(31)21-23-15-19(29)28(24-21)18-8-3-2-4-9-18/h2-4,8-9,17H,5-7,10-16H2,1H3,(H,23,24). The fourth-order valence-electron chi connectivity index (χ4n) is 4.33. The van der Waals surface area contributed by atoms with Gasteiger partial charge < -0.3 is 9.80 Å². The molecule has 0 aromatic heterocycles. The molecule has 3 amide bonds. The van der Waals surface area contributed by atoms with E-state index in [0.29, 0.717) is 44.5 Å². The first-order valence-corrected chi connectivity index (χ1v) is 11.0. The van der Waals surface area contributed by atoms with Gasteiger partial charge >= 0.3 is 0 Å². The number of para-hydroxylation sites is 1. The Kier molecular flexibility index (Phi) is 6.50. The molecule has 2 saturated heterocycles. The number of amides is 3. The molecule has 1 unspecified atom stereocenters. The van der Waals surface area contributed by atoms with Gasteiger partial charge in [0.2, 0.25) is 11.7 Å². The molecule has 2 fully saturated rings. The number of anilines is 1. The minimum atomic E-state index is -0.218. The molecule has 1 atom stereocenters. The zero-order valence-electron chi connectivity index (χ0n) is 18.0. The number of piperidine rings is 1. The smallest absolute Gasteiger partial charge is 0.290 e. The Hall–Kier alpha value is -2.94. The van der Waals surface area contributed by atoms with Crippen LogP contribution in [-0.4, -0.2) is 90.1 Å². The van der Waals surface area contributed by atoms with Crippen LogP contribution in [-0.2, 0) is 14.4 Å². The Balaban J connectivity index is 1.30. The van der Waals surface area contributed by atoms with Crippen LogP contribution in [0.1, 0.15) is 26.2 Å². The van der Waals surface area contributed by atoms with Gasteiger partial charge in [-0.25, -0.2) is 5.01 Å². The van der Waals surface area contributed by atoms with Crippen molar-refractivity contribution < 1.29 is 14.4 Å². The van der Waals surface area contributed by atoms with Crippen LogP contribution in [0.3, 0.4) is 0 Å². The van der Waals surface area contributed by atoms with Crippen molar-refractivity contribution in [3.63, 3.8) is 0 Å². The van der Waals surface area contributed by atoms with Crippen LogP contribution in [0.15, 0.2) is 35.3 Å². The summed E-state index contributed by atoms with van der Waals surface area (Å²) in [6, 6.07) is 9.46. The lowest BCUT2D eigenvalue weighted by atomic mass is 10.0. The minimum Gasteiger partial charge on any atom is -0.339 e. The maximum Gasteiger partial charge on any atom is 0.290 e. The largest absolute Gasteiger partial charge is 0.339 e. The second kappa shape index (κ2) is 9.47. The van der Waals surface area contributed by atoms with E-state index in [0.717, 1.165) is 19.4 Å². The molecule has 3 heterocycles. The molecule has 0 bridgehead atoms. The SMILES string of the molecule is CC1CCCCN1C(=O)CN1CCN(C(=O)C2=NCC(=O)N(c3ccccc3)N2)CC1. The first kappa shape index (κ1) is 21.3. The minimum absolute atomic E-state index is 0.0640. The number of carbonyl (C=O) groups excluding carboxylic acids is 3. The van der Waals surface area contributed by atoms with E-state index in [1.54, 1.807) is 17.0 Å². The van der Waals surface area contributed by atoms with Crippen LogP contribution in [0.25, 0.3) is 0 Å². The normalized spacial score (nSPS) is 22.7. The average Bonchev–Trinajstić information content (AvgIpc) is 2.80. The molecule has 0 aliphatic carbocycles. The highest BCUT2D eigenvalue weighted by Gasteiger charge is 2.31. The number of hydrazine groups is 1. The van der Waals surface area contributed by atoms with Gasteiger partial charge in [-0.15, -0.1) is 0 Å². The van der Waals surface area contributed by atoms with Crippen LogP contribution < -0.4 is 10.4 Å². The first-order valence-electron chi connectivity index (χ1n) is 11.0. The van der Waals surface area contributed by atoms with Crippen LogP contribution >= 0.6 is 0 Å². The number of nitrogens with zero attached hydrogens (tertiary/aromatic N) is 5. The van der Waals surface area contributed by atoms with Crippen molar-refractivity contribution in [2.24, 2.45) is 4.99 Å². The molecule has 1 N–H and O–H groups in total. The summed E-state index contributed by atoms with van der Waals surface area (Å²) in [6.45, 7) is 5.66. The van der Waals surface area contributed by atoms with Crippen molar-refractivity contribution in [1.82, 2.24) is 20.1 Å². The number of aliphatic imine (C=N–C) groups is 1. The molecule has 9 heteroatoms. The fourth-order valence-corrected chi connectivity index (χ4v) is 4.33. The Bertz CT molecular complexity index is 850. The summed E-state index contributed by atoms with van der Waals surface area (Å²) in [4.78, 5) is 47.9. The number of benzene rings is 1. The number of amidine groups is 1. The van der Waals surface area contributed by atoms with Crippen LogP contribution in [0.4, 0.5) is 5.69 Å². The van der Waals surface area contributed by atoms with Crippen molar-refractivity contribution in [2.75, 3.05) is 50.8 Å². The topological polar surface area (TPSA) is 88.6 Å². The highest BCUT2D eigenvalue weighted by atomic mass is 16.2. The van der Waals surface area contributed by atoms with E-state index in [4.69, 9.17) is 0 Å². The molecular weight excluding hydrogens is 396 g/mol. The highest BCUT2D eigenvalue weighted by Crippen LogP contribution is 2.17. The van der Waals surface area contributed by atoms with E-state index in [-0.39, 0.29) is 30.1 Å². The summed E-state index contributed by atoms with van der Waals surface area (Å²) in [5.41, 5.74) is 3.55. The van der Waals surface area contributed by atoms with Crippen LogP contribution in [0, 0.1) is 0 Å². The van der Waals surface area contributed by atoms with Gasteiger partial charge in [-0.1, -0.05) is 18.2 Å². The average molecular weight is 427 g/mol. The van der Waals surface area contributed by atoms with E-state index in [9.17, 15) is 14.4 Å². The lowest BCUT2D eigenvalue weighted by Crippen LogP contribution is -2.59. The third-order valence-electron chi connectivity index (χ3n) is 6.20. The fraction of sp³-hybridized carbons (Fsp3) is 0.545. The van der Waals surface area contributed by atoms with E-state index in [2.05, 4.69) is 22.2 Å².